The monoisotopic (exact) mass is 414 g/mol. The first-order valence-corrected chi connectivity index (χ1v) is 10.9. The molecule has 4 rings (SSSR count). The Bertz CT molecular complexity index is 813. The average Bonchev–Trinajstić information content (AvgIpc) is 3.37. The lowest BCUT2D eigenvalue weighted by Gasteiger charge is -2.34. The fraction of sp³-hybridized carbons (Fsp3) is 0.565. The minimum absolute atomic E-state index is 0.0872. The number of aliphatic hydroxyl groups excluding tert-OH is 1. The quantitative estimate of drug-likeness (QED) is 0.688. The Morgan fingerprint density at radius 1 is 1.13 bits per heavy atom. The van der Waals surface area contributed by atoms with Gasteiger partial charge >= 0.3 is 0 Å². The van der Waals surface area contributed by atoms with Gasteiger partial charge in [0.05, 0.1) is 24.8 Å². The van der Waals surface area contributed by atoms with E-state index in [1.54, 1.807) is 0 Å². The van der Waals surface area contributed by atoms with E-state index < -0.39 is 0 Å². The maximum absolute atomic E-state index is 13.4. The van der Waals surface area contributed by atoms with Crippen LogP contribution >= 0.6 is 0 Å². The van der Waals surface area contributed by atoms with E-state index in [-0.39, 0.29) is 30.4 Å². The number of carbonyl (C=O) groups is 2. The van der Waals surface area contributed by atoms with Crippen molar-refractivity contribution >= 4 is 17.4 Å². The van der Waals surface area contributed by atoms with Gasteiger partial charge in [-0.25, -0.2) is 0 Å². The summed E-state index contributed by atoms with van der Waals surface area (Å²) in [6.07, 6.45) is 3.54. The fourth-order valence-electron chi connectivity index (χ4n) is 4.58. The molecule has 1 N–H and O–H groups in total. The molecule has 2 fully saturated rings. The summed E-state index contributed by atoms with van der Waals surface area (Å²) in [5.41, 5.74) is 1.62. The standard InChI is InChI=1S/C23H30N2O5/c1-2-29-18-9-7-17(8-10-18)20-21(24-11-3-5-16(13-24)15-26)23(28)25(22(20)27)14-19-6-4-12-30-19/h7-10,16,19,26H,2-6,11-15H2,1H3. The lowest BCUT2D eigenvalue weighted by molar-refractivity contribution is -0.139. The molecule has 1 aromatic rings. The van der Waals surface area contributed by atoms with E-state index >= 15 is 0 Å². The van der Waals surface area contributed by atoms with Crippen molar-refractivity contribution < 1.29 is 24.2 Å². The van der Waals surface area contributed by atoms with Crippen molar-refractivity contribution in [1.29, 1.82) is 0 Å². The molecule has 3 heterocycles. The third-order valence-electron chi connectivity index (χ3n) is 6.10. The molecule has 0 radical (unpaired) electrons. The molecule has 0 aromatic heterocycles. The summed E-state index contributed by atoms with van der Waals surface area (Å²) >= 11 is 0. The van der Waals surface area contributed by atoms with Crippen LogP contribution in [0.4, 0.5) is 0 Å². The molecule has 1 aromatic carbocycles. The first-order valence-electron chi connectivity index (χ1n) is 10.9. The number of aliphatic hydroxyl groups is 1. The summed E-state index contributed by atoms with van der Waals surface area (Å²) in [5.74, 6) is 0.330. The molecule has 7 heteroatoms. The van der Waals surface area contributed by atoms with Crippen LogP contribution < -0.4 is 4.74 Å². The van der Waals surface area contributed by atoms with E-state index in [1.807, 2.05) is 36.1 Å². The molecule has 2 unspecified atom stereocenters. The maximum atomic E-state index is 13.4. The number of ether oxygens (including phenoxy) is 2. The van der Waals surface area contributed by atoms with Gasteiger partial charge in [0.2, 0.25) is 0 Å². The zero-order valence-electron chi connectivity index (χ0n) is 17.5. The fourth-order valence-corrected chi connectivity index (χ4v) is 4.58. The summed E-state index contributed by atoms with van der Waals surface area (Å²) in [6.45, 7) is 4.83. The van der Waals surface area contributed by atoms with Crippen molar-refractivity contribution in [3.05, 3.63) is 35.5 Å². The molecule has 30 heavy (non-hydrogen) atoms. The number of benzene rings is 1. The van der Waals surface area contributed by atoms with Crippen LogP contribution in [0.3, 0.4) is 0 Å². The Morgan fingerprint density at radius 3 is 2.60 bits per heavy atom. The summed E-state index contributed by atoms with van der Waals surface area (Å²) in [7, 11) is 0. The highest BCUT2D eigenvalue weighted by Crippen LogP contribution is 2.35. The first kappa shape index (κ1) is 20.9. The molecule has 162 valence electrons. The van der Waals surface area contributed by atoms with E-state index in [0.29, 0.717) is 49.7 Å². The van der Waals surface area contributed by atoms with Gasteiger partial charge < -0.3 is 19.5 Å². The number of hydrogen-bond acceptors (Lipinski definition) is 6. The highest BCUT2D eigenvalue weighted by molar-refractivity contribution is 6.35. The van der Waals surface area contributed by atoms with Crippen LogP contribution in [0.2, 0.25) is 0 Å². The van der Waals surface area contributed by atoms with Crippen molar-refractivity contribution in [2.75, 3.05) is 39.5 Å². The first-order chi connectivity index (χ1) is 14.6. The van der Waals surface area contributed by atoms with Gasteiger partial charge in [-0.1, -0.05) is 12.1 Å². The number of carbonyl (C=O) groups excluding carboxylic acids is 2. The van der Waals surface area contributed by atoms with E-state index in [0.717, 1.165) is 31.4 Å². The van der Waals surface area contributed by atoms with Crippen LogP contribution in [0.25, 0.3) is 5.57 Å². The zero-order valence-corrected chi connectivity index (χ0v) is 17.5. The van der Waals surface area contributed by atoms with E-state index in [2.05, 4.69) is 0 Å². The number of nitrogens with zero attached hydrogens (tertiary/aromatic N) is 2. The van der Waals surface area contributed by atoms with Crippen LogP contribution in [0.1, 0.15) is 38.2 Å². The molecule has 0 bridgehead atoms. The van der Waals surface area contributed by atoms with Gasteiger partial charge in [0.1, 0.15) is 11.4 Å². The lowest BCUT2D eigenvalue weighted by Crippen LogP contribution is -2.42. The van der Waals surface area contributed by atoms with Gasteiger partial charge in [-0.2, -0.15) is 0 Å². The second-order valence-corrected chi connectivity index (χ2v) is 8.17. The minimum Gasteiger partial charge on any atom is -0.494 e. The number of rotatable bonds is 7. The molecule has 7 nitrogen and oxygen atoms in total. The van der Waals surface area contributed by atoms with Crippen molar-refractivity contribution in [3.63, 3.8) is 0 Å². The largest absolute Gasteiger partial charge is 0.494 e. The van der Waals surface area contributed by atoms with E-state index in [4.69, 9.17) is 9.47 Å². The van der Waals surface area contributed by atoms with Gasteiger partial charge in [-0.05, 0) is 56.2 Å². The van der Waals surface area contributed by atoms with E-state index in [9.17, 15) is 14.7 Å². The van der Waals surface area contributed by atoms with Crippen molar-refractivity contribution in [1.82, 2.24) is 9.80 Å². The SMILES string of the molecule is CCOc1ccc(C2=C(N3CCCC(CO)C3)C(=O)N(CC3CCCO3)C2=O)cc1. The molecule has 2 atom stereocenters. The summed E-state index contributed by atoms with van der Waals surface area (Å²) in [6, 6.07) is 7.34. The molecule has 0 saturated carbocycles. The lowest BCUT2D eigenvalue weighted by atomic mass is 9.97. The van der Waals surface area contributed by atoms with Crippen molar-refractivity contribution in [2.45, 2.75) is 38.7 Å². The molecule has 3 aliphatic rings. The maximum Gasteiger partial charge on any atom is 0.277 e. The number of piperidine rings is 1. The zero-order chi connectivity index (χ0) is 21.1. The third-order valence-corrected chi connectivity index (χ3v) is 6.10. The van der Waals surface area contributed by atoms with E-state index in [1.165, 1.54) is 4.90 Å². The molecule has 2 saturated heterocycles. The molecule has 0 aliphatic carbocycles. The van der Waals surface area contributed by atoms with Crippen LogP contribution in [0.5, 0.6) is 5.75 Å². The van der Waals surface area contributed by atoms with Crippen molar-refractivity contribution in [3.8, 4) is 5.75 Å². The van der Waals surface area contributed by atoms with Gasteiger partial charge in [0.15, 0.2) is 0 Å². The Hall–Kier alpha value is -2.38. The predicted molar refractivity (Wildman–Crippen MR) is 112 cm³/mol. The third kappa shape index (κ3) is 4.09. The molecular weight excluding hydrogens is 384 g/mol. The van der Waals surface area contributed by atoms with Crippen LogP contribution in [0.15, 0.2) is 30.0 Å². The average molecular weight is 415 g/mol. The van der Waals surface area contributed by atoms with Crippen LogP contribution in [0, 0.1) is 5.92 Å². The minimum atomic E-state index is -0.263. The Labute approximate surface area is 177 Å². The molecule has 0 spiro atoms. The van der Waals surface area contributed by atoms with Gasteiger partial charge in [-0.15, -0.1) is 0 Å². The van der Waals surface area contributed by atoms with Gasteiger partial charge in [0, 0.05) is 26.3 Å². The summed E-state index contributed by atoms with van der Waals surface area (Å²) < 4.78 is 11.2. The smallest absolute Gasteiger partial charge is 0.277 e. The molecular formula is C23H30N2O5. The summed E-state index contributed by atoms with van der Waals surface area (Å²) in [5, 5.41) is 9.64. The second kappa shape index (κ2) is 9.18. The normalized spacial score (nSPS) is 24.9. The number of imide groups is 1. The number of likely N-dealkylation sites (tertiary alicyclic amines) is 1. The highest BCUT2D eigenvalue weighted by atomic mass is 16.5. The highest BCUT2D eigenvalue weighted by Gasteiger charge is 2.43. The van der Waals surface area contributed by atoms with Gasteiger partial charge in [0.25, 0.3) is 11.8 Å². The number of hydrogen-bond donors (Lipinski definition) is 1. The Balaban J connectivity index is 1.68. The summed E-state index contributed by atoms with van der Waals surface area (Å²) in [4.78, 5) is 30.2. The number of amides is 2. The molecule has 3 aliphatic heterocycles. The Kier molecular flexibility index (Phi) is 6.39. The predicted octanol–water partition coefficient (Wildman–Crippen LogP) is 2.05. The van der Waals surface area contributed by atoms with Crippen LogP contribution in [-0.4, -0.2) is 72.3 Å². The van der Waals surface area contributed by atoms with Crippen LogP contribution in [-0.2, 0) is 14.3 Å². The molecule has 2 amide bonds. The topological polar surface area (TPSA) is 79.3 Å². The Morgan fingerprint density at radius 2 is 1.93 bits per heavy atom. The van der Waals surface area contributed by atoms with Crippen molar-refractivity contribution in [2.24, 2.45) is 5.92 Å². The van der Waals surface area contributed by atoms with Gasteiger partial charge in [-0.3, -0.25) is 14.5 Å². The second-order valence-electron chi connectivity index (χ2n) is 8.17.